The molecule has 1 aliphatic rings. The predicted octanol–water partition coefficient (Wildman–Crippen LogP) is 3.70. The van der Waals surface area contributed by atoms with Crippen LogP contribution in [0.2, 0.25) is 0 Å². The van der Waals surface area contributed by atoms with E-state index < -0.39 is 0 Å². The quantitative estimate of drug-likeness (QED) is 0.915. The van der Waals surface area contributed by atoms with Crippen molar-refractivity contribution in [3.05, 3.63) is 53.1 Å². The zero-order valence-corrected chi connectivity index (χ0v) is 12.4. The van der Waals surface area contributed by atoms with Gasteiger partial charge in [0.1, 0.15) is 11.9 Å². The standard InChI is InChI=1S/C18H21NO/c1-12-4-5-14(11-19-3)9-17(12)15-6-7-18-16(10-15)8-13(2)20-18/h4-7,9-10,13,19H,8,11H2,1-3H3. The van der Waals surface area contributed by atoms with Crippen molar-refractivity contribution < 1.29 is 4.74 Å². The second-order valence-electron chi connectivity index (χ2n) is 5.63. The Kier molecular flexibility index (Phi) is 3.49. The summed E-state index contributed by atoms with van der Waals surface area (Å²) >= 11 is 0. The molecule has 2 nitrogen and oxygen atoms in total. The van der Waals surface area contributed by atoms with E-state index in [0.29, 0.717) is 6.10 Å². The highest BCUT2D eigenvalue weighted by Gasteiger charge is 2.19. The van der Waals surface area contributed by atoms with E-state index in [2.05, 4.69) is 55.6 Å². The van der Waals surface area contributed by atoms with E-state index in [9.17, 15) is 0 Å². The average molecular weight is 267 g/mol. The first-order valence-corrected chi connectivity index (χ1v) is 7.21. The lowest BCUT2D eigenvalue weighted by Crippen LogP contribution is -2.05. The van der Waals surface area contributed by atoms with E-state index in [4.69, 9.17) is 4.74 Å². The molecule has 0 spiro atoms. The molecule has 0 bridgehead atoms. The molecular weight excluding hydrogens is 246 g/mol. The first-order chi connectivity index (χ1) is 9.67. The Morgan fingerprint density at radius 1 is 1.20 bits per heavy atom. The number of aryl methyl sites for hydroxylation is 1. The third kappa shape index (κ3) is 2.44. The summed E-state index contributed by atoms with van der Waals surface area (Å²) in [5, 5.41) is 3.21. The molecule has 1 aliphatic heterocycles. The zero-order valence-electron chi connectivity index (χ0n) is 12.4. The van der Waals surface area contributed by atoms with Gasteiger partial charge in [-0.1, -0.05) is 18.2 Å². The van der Waals surface area contributed by atoms with Crippen LogP contribution >= 0.6 is 0 Å². The van der Waals surface area contributed by atoms with Crippen LogP contribution in [-0.4, -0.2) is 13.2 Å². The number of fused-ring (bicyclic) bond motifs is 1. The molecule has 2 aromatic carbocycles. The minimum atomic E-state index is 0.303. The molecule has 1 atom stereocenters. The van der Waals surface area contributed by atoms with Gasteiger partial charge < -0.3 is 10.1 Å². The van der Waals surface area contributed by atoms with E-state index in [1.165, 1.54) is 27.8 Å². The maximum atomic E-state index is 5.78. The van der Waals surface area contributed by atoms with Crippen LogP contribution in [0, 0.1) is 6.92 Å². The molecule has 3 rings (SSSR count). The molecule has 1 unspecified atom stereocenters. The number of nitrogens with one attached hydrogen (secondary N) is 1. The molecule has 0 aliphatic carbocycles. The maximum Gasteiger partial charge on any atom is 0.123 e. The summed E-state index contributed by atoms with van der Waals surface area (Å²) in [6.45, 7) is 5.20. The van der Waals surface area contributed by atoms with Crippen LogP contribution in [0.15, 0.2) is 36.4 Å². The van der Waals surface area contributed by atoms with Crippen LogP contribution in [-0.2, 0) is 13.0 Å². The topological polar surface area (TPSA) is 21.3 Å². The molecule has 104 valence electrons. The molecule has 0 radical (unpaired) electrons. The summed E-state index contributed by atoms with van der Waals surface area (Å²) in [6, 6.07) is 13.2. The largest absolute Gasteiger partial charge is 0.490 e. The van der Waals surface area contributed by atoms with Crippen LogP contribution in [0.1, 0.15) is 23.6 Å². The molecule has 1 N–H and O–H groups in total. The van der Waals surface area contributed by atoms with E-state index in [1.54, 1.807) is 0 Å². The Balaban J connectivity index is 2.01. The summed E-state index contributed by atoms with van der Waals surface area (Å²) in [6.07, 6.45) is 1.32. The number of rotatable bonds is 3. The van der Waals surface area contributed by atoms with Gasteiger partial charge in [-0.15, -0.1) is 0 Å². The van der Waals surface area contributed by atoms with Crippen LogP contribution < -0.4 is 10.1 Å². The van der Waals surface area contributed by atoms with E-state index in [0.717, 1.165) is 18.7 Å². The van der Waals surface area contributed by atoms with Crippen molar-refractivity contribution in [1.29, 1.82) is 0 Å². The summed E-state index contributed by atoms with van der Waals surface area (Å²) in [4.78, 5) is 0. The smallest absolute Gasteiger partial charge is 0.123 e. The van der Waals surface area contributed by atoms with Crippen molar-refractivity contribution in [1.82, 2.24) is 5.32 Å². The molecule has 20 heavy (non-hydrogen) atoms. The molecule has 0 saturated heterocycles. The Bertz CT molecular complexity index is 633. The van der Waals surface area contributed by atoms with Gasteiger partial charge in [-0.3, -0.25) is 0 Å². The summed E-state index contributed by atoms with van der Waals surface area (Å²) in [7, 11) is 1.98. The van der Waals surface area contributed by atoms with Gasteiger partial charge in [-0.05, 0) is 66.9 Å². The Morgan fingerprint density at radius 3 is 2.85 bits per heavy atom. The van der Waals surface area contributed by atoms with Crippen LogP contribution in [0.4, 0.5) is 0 Å². The van der Waals surface area contributed by atoms with Crippen molar-refractivity contribution in [2.45, 2.75) is 32.9 Å². The van der Waals surface area contributed by atoms with Crippen molar-refractivity contribution >= 4 is 0 Å². The number of ether oxygens (including phenoxy) is 1. The molecular formula is C18H21NO. The minimum Gasteiger partial charge on any atom is -0.490 e. The van der Waals surface area contributed by atoms with Gasteiger partial charge in [0.25, 0.3) is 0 Å². The fourth-order valence-electron chi connectivity index (χ4n) is 2.88. The van der Waals surface area contributed by atoms with Gasteiger partial charge in [-0.25, -0.2) is 0 Å². The molecule has 2 heteroatoms. The third-order valence-corrected chi connectivity index (χ3v) is 3.89. The lowest BCUT2D eigenvalue weighted by Gasteiger charge is -2.10. The van der Waals surface area contributed by atoms with Crippen molar-refractivity contribution in [2.24, 2.45) is 0 Å². The fraction of sp³-hybridized carbons (Fsp3) is 0.333. The summed E-state index contributed by atoms with van der Waals surface area (Å²) < 4.78 is 5.78. The number of hydrogen-bond donors (Lipinski definition) is 1. The molecule has 0 amide bonds. The highest BCUT2D eigenvalue weighted by atomic mass is 16.5. The molecule has 2 aromatic rings. The minimum absolute atomic E-state index is 0.303. The van der Waals surface area contributed by atoms with Crippen molar-refractivity contribution in [3.8, 4) is 16.9 Å². The lowest BCUT2D eigenvalue weighted by atomic mass is 9.96. The molecule has 1 heterocycles. The van der Waals surface area contributed by atoms with Crippen molar-refractivity contribution in [3.63, 3.8) is 0 Å². The first kappa shape index (κ1) is 13.2. The van der Waals surface area contributed by atoms with Gasteiger partial charge >= 0.3 is 0 Å². The third-order valence-electron chi connectivity index (χ3n) is 3.89. The highest BCUT2D eigenvalue weighted by Crippen LogP contribution is 2.34. The Hall–Kier alpha value is -1.80. The highest BCUT2D eigenvalue weighted by molar-refractivity contribution is 5.70. The van der Waals surface area contributed by atoms with Gasteiger partial charge in [0, 0.05) is 13.0 Å². The van der Waals surface area contributed by atoms with E-state index in [1.807, 2.05) is 7.05 Å². The van der Waals surface area contributed by atoms with Crippen LogP contribution in [0.25, 0.3) is 11.1 Å². The fourth-order valence-corrected chi connectivity index (χ4v) is 2.88. The van der Waals surface area contributed by atoms with Gasteiger partial charge in [0.05, 0.1) is 0 Å². The normalized spacial score (nSPS) is 16.9. The molecule has 0 aromatic heterocycles. The van der Waals surface area contributed by atoms with Crippen molar-refractivity contribution in [2.75, 3.05) is 7.05 Å². The monoisotopic (exact) mass is 267 g/mol. The van der Waals surface area contributed by atoms with Gasteiger partial charge in [-0.2, -0.15) is 0 Å². The van der Waals surface area contributed by atoms with E-state index in [-0.39, 0.29) is 0 Å². The summed E-state index contributed by atoms with van der Waals surface area (Å²) in [5.41, 5.74) is 6.57. The van der Waals surface area contributed by atoms with Crippen LogP contribution in [0.5, 0.6) is 5.75 Å². The molecule has 0 fully saturated rings. The zero-order chi connectivity index (χ0) is 14.1. The predicted molar refractivity (Wildman–Crippen MR) is 83.2 cm³/mol. The number of benzene rings is 2. The Labute approximate surface area is 120 Å². The first-order valence-electron chi connectivity index (χ1n) is 7.21. The maximum absolute atomic E-state index is 5.78. The second kappa shape index (κ2) is 5.29. The molecule has 0 saturated carbocycles. The summed E-state index contributed by atoms with van der Waals surface area (Å²) in [5.74, 6) is 1.05. The van der Waals surface area contributed by atoms with Crippen LogP contribution in [0.3, 0.4) is 0 Å². The Morgan fingerprint density at radius 2 is 2.05 bits per heavy atom. The SMILES string of the molecule is CNCc1ccc(C)c(-c2ccc3c(c2)CC(C)O3)c1. The van der Waals surface area contributed by atoms with Gasteiger partial charge in [0.15, 0.2) is 0 Å². The average Bonchev–Trinajstić information content (AvgIpc) is 2.80. The van der Waals surface area contributed by atoms with E-state index >= 15 is 0 Å². The second-order valence-corrected chi connectivity index (χ2v) is 5.63. The lowest BCUT2D eigenvalue weighted by molar-refractivity contribution is 0.254. The number of hydrogen-bond acceptors (Lipinski definition) is 2. The van der Waals surface area contributed by atoms with Gasteiger partial charge in [0.2, 0.25) is 0 Å².